The van der Waals surface area contributed by atoms with Crippen molar-refractivity contribution in [2.75, 3.05) is 4.90 Å². The SMILES string of the molecule is Cc1ccc(C(=O)OCc2ccc([N+](=O)[O-])cc2)cc1N1C(=O)c2c(C)nc3ccccc3c2C1=O. The van der Waals surface area contributed by atoms with E-state index in [9.17, 15) is 24.5 Å². The van der Waals surface area contributed by atoms with Gasteiger partial charge >= 0.3 is 5.97 Å². The molecule has 3 aromatic carbocycles. The van der Waals surface area contributed by atoms with Crippen molar-refractivity contribution in [2.45, 2.75) is 20.5 Å². The summed E-state index contributed by atoms with van der Waals surface area (Å²) in [5.74, 6) is -1.63. The molecule has 4 aromatic rings. The highest BCUT2D eigenvalue weighted by molar-refractivity contribution is 6.38. The molecule has 0 atom stereocenters. The molecule has 0 bridgehead atoms. The van der Waals surface area contributed by atoms with Gasteiger partial charge in [-0.15, -0.1) is 0 Å². The number of para-hydroxylation sites is 1. The van der Waals surface area contributed by atoms with Crippen LogP contribution in [-0.2, 0) is 11.3 Å². The molecule has 1 aromatic heterocycles. The van der Waals surface area contributed by atoms with Crippen molar-refractivity contribution in [3.05, 3.63) is 110 Å². The van der Waals surface area contributed by atoms with Gasteiger partial charge in [-0.2, -0.15) is 0 Å². The Kier molecular flexibility index (Phi) is 5.52. The molecule has 0 unspecified atom stereocenters. The van der Waals surface area contributed by atoms with Crippen molar-refractivity contribution >= 4 is 40.1 Å². The summed E-state index contributed by atoms with van der Waals surface area (Å²) in [5.41, 5.74) is 3.23. The zero-order valence-corrected chi connectivity index (χ0v) is 19.3. The minimum absolute atomic E-state index is 0.0626. The molecule has 0 radical (unpaired) electrons. The summed E-state index contributed by atoms with van der Waals surface area (Å²) in [6.45, 7) is 3.34. The molecular formula is C27H19N3O6. The van der Waals surface area contributed by atoms with E-state index in [-0.39, 0.29) is 29.1 Å². The van der Waals surface area contributed by atoms with Gasteiger partial charge in [-0.25, -0.2) is 9.69 Å². The number of carbonyl (C=O) groups excluding carboxylic acids is 3. The third-order valence-corrected chi connectivity index (χ3v) is 6.11. The summed E-state index contributed by atoms with van der Waals surface area (Å²) >= 11 is 0. The lowest BCUT2D eigenvalue weighted by molar-refractivity contribution is -0.384. The smallest absolute Gasteiger partial charge is 0.338 e. The topological polar surface area (TPSA) is 120 Å². The standard InChI is InChI=1S/C27H19N3O6/c1-15-7-10-18(27(33)36-14-17-8-11-19(12-9-17)30(34)35)13-22(15)29-25(31)23-16(2)28-21-6-4-3-5-20(21)24(23)26(29)32/h3-13H,14H2,1-2H3. The average molecular weight is 481 g/mol. The zero-order valence-electron chi connectivity index (χ0n) is 19.3. The average Bonchev–Trinajstić information content (AvgIpc) is 3.14. The molecule has 0 N–H and O–H groups in total. The summed E-state index contributed by atoms with van der Waals surface area (Å²) < 4.78 is 5.36. The maximum absolute atomic E-state index is 13.5. The second kappa shape index (κ2) is 8.70. The molecule has 0 aliphatic carbocycles. The van der Waals surface area contributed by atoms with Crippen molar-refractivity contribution in [3.63, 3.8) is 0 Å². The number of hydrogen-bond donors (Lipinski definition) is 0. The van der Waals surface area contributed by atoms with Crippen molar-refractivity contribution in [1.29, 1.82) is 0 Å². The lowest BCUT2D eigenvalue weighted by atomic mass is 10.0. The summed E-state index contributed by atoms with van der Waals surface area (Å²) in [4.78, 5) is 55.5. The zero-order chi connectivity index (χ0) is 25.6. The quantitative estimate of drug-likeness (QED) is 0.172. The Morgan fingerprint density at radius 2 is 1.67 bits per heavy atom. The number of nitro groups is 1. The number of aromatic nitrogens is 1. The third kappa shape index (κ3) is 3.76. The first-order chi connectivity index (χ1) is 17.3. The van der Waals surface area contributed by atoms with Crippen LogP contribution in [0.15, 0.2) is 66.7 Å². The number of ether oxygens (including phenoxy) is 1. The number of hydrogen-bond acceptors (Lipinski definition) is 7. The molecular weight excluding hydrogens is 462 g/mol. The summed E-state index contributed by atoms with van der Waals surface area (Å²) in [7, 11) is 0. The number of carbonyl (C=O) groups is 3. The van der Waals surface area contributed by atoms with Gasteiger partial charge in [0.05, 0.1) is 38.5 Å². The van der Waals surface area contributed by atoms with Crippen molar-refractivity contribution in [3.8, 4) is 0 Å². The normalized spacial score (nSPS) is 12.7. The number of esters is 1. The first kappa shape index (κ1) is 22.9. The van der Waals surface area contributed by atoms with Crippen LogP contribution < -0.4 is 4.90 Å². The second-order valence-corrected chi connectivity index (χ2v) is 8.41. The number of imide groups is 1. The largest absolute Gasteiger partial charge is 0.457 e. The van der Waals surface area contributed by atoms with E-state index in [4.69, 9.17) is 4.74 Å². The van der Waals surface area contributed by atoms with Crippen LogP contribution in [0, 0.1) is 24.0 Å². The lowest BCUT2D eigenvalue weighted by Crippen LogP contribution is -2.30. The van der Waals surface area contributed by atoms with Crippen LogP contribution in [0.25, 0.3) is 10.9 Å². The molecule has 1 aliphatic heterocycles. The second-order valence-electron chi connectivity index (χ2n) is 8.41. The first-order valence-electron chi connectivity index (χ1n) is 11.1. The Morgan fingerprint density at radius 1 is 0.972 bits per heavy atom. The fourth-order valence-corrected chi connectivity index (χ4v) is 4.28. The number of amides is 2. The highest BCUT2D eigenvalue weighted by Crippen LogP contribution is 2.36. The minimum Gasteiger partial charge on any atom is -0.457 e. The Morgan fingerprint density at radius 3 is 2.39 bits per heavy atom. The number of benzene rings is 3. The van der Waals surface area contributed by atoms with E-state index in [1.165, 1.54) is 30.3 Å². The molecule has 0 saturated heterocycles. The van der Waals surface area contributed by atoms with E-state index in [0.29, 0.717) is 33.3 Å². The number of nitro benzene ring substituents is 1. The van der Waals surface area contributed by atoms with E-state index >= 15 is 0 Å². The predicted molar refractivity (Wildman–Crippen MR) is 131 cm³/mol. The van der Waals surface area contributed by atoms with Crippen LogP contribution >= 0.6 is 0 Å². The summed E-state index contributed by atoms with van der Waals surface area (Å²) in [5, 5.41) is 11.4. The van der Waals surface area contributed by atoms with Crippen LogP contribution in [0.5, 0.6) is 0 Å². The maximum Gasteiger partial charge on any atom is 0.338 e. The van der Waals surface area contributed by atoms with Crippen LogP contribution in [0.2, 0.25) is 0 Å². The van der Waals surface area contributed by atoms with Gasteiger partial charge in [0, 0.05) is 17.5 Å². The van der Waals surface area contributed by atoms with E-state index in [1.54, 1.807) is 44.2 Å². The highest BCUT2D eigenvalue weighted by atomic mass is 16.6. The number of fused-ring (bicyclic) bond motifs is 3. The Hall–Kier alpha value is -4.92. The Balaban J connectivity index is 1.44. The number of non-ortho nitro benzene ring substituents is 1. The number of rotatable bonds is 5. The first-order valence-corrected chi connectivity index (χ1v) is 11.1. The fourth-order valence-electron chi connectivity index (χ4n) is 4.28. The van der Waals surface area contributed by atoms with E-state index in [2.05, 4.69) is 4.98 Å². The van der Waals surface area contributed by atoms with Crippen LogP contribution in [0.1, 0.15) is 47.9 Å². The van der Waals surface area contributed by atoms with E-state index in [1.807, 2.05) is 6.07 Å². The van der Waals surface area contributed by atoms with Crippen LogP contribution in [-0.4, -0.2) is 27.7 Å². The Bertz CT molecular complexity index is 1590. The molecule has 2 amide bonds. The van der Waals surface area contributed by atoms with Gasteiger partial charge in [0.15, 0.2) is 0 Å². The van der Waals surface area contributed by atoms with E-state index in [0.717, 1.165) is 4.90 Å². The number of anilines is 1. The van der Waals surface area contributed by atoms with E-state index < -0.39 is 22.7 Å². The number of pyridine rings is 1. The molecule has 0 saturated carbocycles. The van der Waals surface area contributed by atoms with Gasteiger partial charge in [0.25, 0.3) is 17.5 Å². The van der Waals surface area contributed by atoms with Crippen molar-refractivity contribution in [1.82, 2.24) is 4.98 Å². The monoisotopic (exact) mass is 481 g/mol. The van der Waals surface area contributed by atoms with Crippen molar-refractivity contribution < 1.29 is 24.0 Å². The predicted octanol–water partition coefficient (Wildman–Crippen LogP) is 4.92. The third-order valence-electron chi connectivity index (χ3n) is 6.11. The van der Waals surface area contributed by atoms with Gasteiger partial charge in [0.2, 0.25) is 0 Å². The molecule has 1 aliphatic rings. The molecule has 0 spiro atoms. The Labute approximate surface area is 205 Å². The van der Waals surface area contributed by atoms with Crippen LogP contribution in [0.3, 0.4) is 0 Å². The van der Waals surface area contributed by atoms with Gasteiger partial charge in [-0.05, 0) is 55.3 Å². The van der Waals surface area contributed by atoms with Gasteiger partial charge in [-0.3, -0.25) is 24.7 Å². The minimum atomic E-state index is -0.658. The summed E-state index contributed by atoms with van der Waals surface area (Å²) in [6, 6.07) is 17.5. The summed E-state index contributed by atoms with van der Waals surface area (Å²) in [6.07, 6.45) is 0. The molecule has 9 nitrogen and oxygen atoms in total. The number of nitrogens with zero attached hydrogens (tertiary/aromatic N) is 3. The van der Waals surface area contributed by atoms with Gasteiger partial charge in [-0.1, -0.05) is 24.3 Å². The molecule has 178 valence electrons. The number of aryl methyl sites for hydroxylation is 2. The lowest BCUT2D eigenvalue weighted by Gasteiger charge is -2.17. The van der Waals surface area contributed by atoms with Gasteiger partial charge < -0.3 is 4.74 Å². The molecule has 36 heavy (non-hydrogen) atoms. The molecule has 9 heteroatoms. The molecule has 0 fully saturated rings. The molecule has 5 rings (SSSR count). The fraction of sp³-hybridized carbons (Fsp3) is 0.111. The maximum atomic E-state index is 13.5. The highest BCUT2D eigenvalue weighted by Gasteiger charge is 2.40. The van der Waals surface area contributed by atoms with Crippen LogP contribution in [0.4, 0.5) is 11.4 Å². The molecule has 2 heterocycles. The van der Waals surface area contributed by atoms with Crippen molar-refractivity contribution in [2.24, 2.45) is 0 Å². The van der Waals surface area contributed by atoms with Gasteiger partial charge in [0.1, 0.15) is 6.61 Å².